The van der Waals surface area contributed by atoms with E-state index < -0.39 is 21.9 Å². The van der Waals surface area contributed by atoms with Gasteiger partial charge in [0.15, 0.2) is 0 Å². The maximum atomic E-state index is 13.2. The predicted octanol–water partition coefficient (Wildman–Crippen LogP) is 4.36. The second kappa shape index (κ2) is 11.0. The number of hydrogen-bond acceptors (Lipinski definition) is 6. The van der Waals surface area contributed by atoms with Crippen LogP contribution >= 0.6 is 0 Å². The summed E-state index contributed by atoms with van der Waals surface area (Å²) < 4.78 is 28.5. The van der Waals surface area contributed by atoms with Gasteiger partial charge in [0.2, 0.25) is 0 Å². The molecule has 0 spiro atoms. The maximum absolute atomic E-state index is 13.2. The van der Waals surface area contributed by atoms with Crippen LogP contribution in [-0.2, 0) is 21.2 Å². The van der Waals surface area contributed by atoms with Crippen LogP contribution in [0.15, 0.2) is 95.0 Å². The number of hydrogen-bond donors (Lipinski definition) is 3. The lowest BCUT2D eigenvalue weighted by molar-refractivity contribution is -0.133. The van der Waals surface area contributed by atoms with Gasteiger partial charge in [-0.25, -0.2) is 23.4 Å². The first kappa shape index (κ1) is 26.6. The number of nitrogens with zero attached hydrogens (tertiary/aromatic N) is 1. The zero-order chi connectivity index (χ0) is 27.6. The number of rotatable bonds is 10. The van der Waals surface area contributed by atoms with Crippen LogP contribution in [-0.4, -0.2) is 43.0 Å². The summed E-state index contributed by atoms with van der Waals surface area (Å²) in [6.45, 7) is 2.78. The summed E-state index contributed by atoms with van der Waals surface area (Å²) in [5, 5.41) is 12.0. The molecule has 39 heavy (non-hydrogen) atoms. The molecular weight excluding hydrogens is 514 g/mol. The molecule has 0 radical (unpaired) electrons. The number of carbonyl (C=O) groups excluding carboxylic acids is 1. The molecule has 0 aromatic heterocycles. The van der Waals surface area contributed by atoms with Crippen molar-refractivity contribution in [2.75, 3.05) is 6.54 Å². The van der Waals surface area contributed by atoms with Crippen molar-refractivity contribution in [3.8, 4) is 11.1 Å². The van der Waals surface area contributed by atoms with Gasteiger partial charge >= 0.3 is 5.97 Å². The standard InChI is InChI=1S/C30H31N3O5S/c1-2-18-33-25(27(30(35)36)28(31-33)22-16-17-22)19-20-12-14-21(15-13-20)24-10-6-7-11-26(24)39(37,38)32-29(34)23-8-4-3-5-9-23/h3-15,22,28,31H,2,16-19H2,1H3,(H,32,34)(H,35,36). The first-order valence-electron chi connectivity index (χ1n) is 13.1. The number of nitrogens with one attached hydrogen (secondary N) is 2. The summed E-state index contributed by atoms with van der Waals surface area (Å²) in [5.74, 6) is -1.23. The second-order valence-electron chi connectivity index (χ2n) is 9.93. The minimum atomic E-state index is -4.14. The number of carboxylic acid groups (broad SMARTS) is 1. The lowest BCUT2D eigenvalue weighted by Crippen LogP contribution is -2.39. The third-order valence-electron chi connectivity index (χ3n) is 7.09. The van der Waals surface area contributed by atoms with Crippen LogP contribution in [0.2, 0.25) is 0 Å². The normalized spacial score (nSPS) is 17.4. The third-order valence-corrected chi connectivity index (χ3v) is 8.48. The summed E-state index contributed by atoms with van der Waals surface area (Å²) >= 11 is 0. The zero-order valence-corrected chi connectivity index (χ0v) is 22.4. The fourth-order valence-corrected chi connectivity index (χ4v) is 6.24. The van der Waals surface area contributed by atoms with Gasteiger partial charge in [0.1, 0.15) is 0 Å². The fraction of sp³-hybridized carbons (Fsp3) is 0.267. The SMILES string of the molecule is CCCN1NC(C2CC2)C(C(=O)O)=C1Cc1ccc(-c2ccccc2S(=O)(=O)NC(=O)c2ccccc2)cc1. The molecule has 1 fully saturated rings. The molecule has 3 aromatic rings. The van der Waals surface area contributed by atoms with Crippen LogP contribution in [0.5, 0.6) is 0 Å². The van der Waals surface area contributed by atoms with Crippen molar-refractivity contribution < 1.29 is 23.1 Å². The minimum Gasteiger partial charge on any atom is -0.478 e. The first-order chi connectivity index (χ1) is 18.8. The van der Waals surface area contributed by atoms with Crippen LogP contribution in [0, 0.1) is 5.92 Å². The van der Waals surface area contributed by atoms with Gasteiger partial charge in [-0.05, 0) is 54.5 Å². The maximum Gasteiger partial charge on any atom is 0.335 e. The molecular formula is C30H31N3O5S. The number of amides is 1. The van der Waals surface area contributed by atoms with Crippen molar-refractivity contribution in [2.24, 2.45) is 5.92 Å². The van der Waals surface area contributed by atoms with Gasteiger partial charge in [0, 0.05) is 29.8 Å². The molecule has 3 aromatic carbocycles. The zero-order valence-electron chi connectivity index (χ0n) is 21.6. The average molecular weight is 546 g/mol. The number of carbonyl (C=O) groups is 2. The van der Waals surface area contributed by atoms with Crippen LogP contribution in [0.1, 0.15) is 42.1 Å². The van der Waals surface area contributed by atoms with Gasteiger partial charge in [0.05, 0.1) is 16.5 Å². The molecule has 1 saturated carbocycles. The van der Waals surface area contributed by atoms with Gasteiger partial charge in [-0.2, -0.15) is 0 Å². The lowest BCUT2D eigenvalue weighted by atomic mass is 9.97. The molecule has 1 heterocycles. The molecule has 2 aliphatic rings. The molecule has 1 aliphatic heterocycles. The quantitative estimate of drug-likeness (QED) is 0.347. The number of hydrazine groups is 1. The van der Waals surface area contributed by atoms with Crippen molar-refractivity contribution in [1.82, 2.24) is 15.2 Å². The van der Waals surface area contributed by atoms with E-state index in [4.69, 9.17) is 0 Å². The summed E-state index contributed by atoms with van der Waals surface area (Å²) in [5.41, 5.74) is 6.95. The Morgan fingerprint density at radius 2 is 1.64 bits per heavy atom. The lowest BCUT2D eigenvalue weighted by Gasteiger charge is -2.23. The molecule has 3 N–H and O–H groups in total. The average Bonchev–Trinajstić information content (AvgIpc) is 3.72. The third kappa shape index (κ3) is 5.74. The van der Waals surface area contributed by atoms with Crippen molar-refractivity contribution in [2.45, 2.75) is 43.5 Å². The number of carboxylic acids is 1. The highest BCUT2D eigenvalue weighted by Gasteiger charge is 2.43. The minimum absolute atomic E-state index is 0.000656. The fourth-order valence-electron chi connectivity index (χ4n) is 5.04. The monoisotopic (exact) mass is 545 g/mol. The Bertz CT molecular complexity index is 1510. The smallest absolute Gasteiger partial charge is 0.335 e. The van der Waals surface area contributed by atoms with E-state index in [2.05, 4.69) is 17.1 Å². The van der Waals surface area contributed by atoms with Gasteiger partial charge in [-0.3, -0.25) is 4.79 Å². The molecule has 1 amide bonds. The van der Waals surface area contributed by atoms with E-state index in [9.17, 15) is 23.1 Å². The van der Waals surface area contributed by atoms with Crippen LogP contribution < -0.4 is 10.1 Å². The van der Waals surface area contributed by atoms with Gasteiger partial charge in [-0.1, -0.05) is 67.6 Å². The van der Waals surface area contributed by atoms with Crippen molar-refractivity contribution >= 4 is 21.9 Å². The molecule has 202 valence electrons. The van der Waals surface area contributed by atoms with Crippen molar-refractivity contribution in [3.63, 3.8) is 0 Å². The van der Waals surface area contributed by atoms with Crippen LogP contribution in [0.25, 0.3) is 11.1 Å². The van der Waals surface area contributed by atoms with Crippen LogP contribution in [0.4, 0.5) is 0 Å². The molecule has 1 aliphatic carbocycles. The van der Waals surface area contributed by atoms with E-state index >= 15 is 0 Å². The summed E-state index contributed by atoms with van der Waals surface area (Å²) in [6.07, 6.45) is 3.39. The first-order valence-corrected chi connectivity index (χ1v) is 14.6. The summed E-state index contributed by atoms with van der Waals surface area (Å²) in [4.78, 5) is 24.8. The second-order valence-corrected chi connectivity index (χ2v) is 11.6. The Labute approximate surface area is 228 Å². The summed E-state index contributed by atoms with van der Waals surface area (Å²) in [7, 11) is -4.14. The molecule has 8 nitrogen and oxygen atoms in total. The van der Waals surface area contributed by atoms with E-state index in [0.717, 1.165) is 30.5 Å². The molecule has 1 unspecified atom stereocenters. The Kier molecular flexibility index (Phi) is 7.54. The van der Waals surface area contributed by atoms with E-state index in [0.29, 0.717) is 35.6 Å². The Balaban J connectivity index is 1.40. The molecule has 1 atom stereocenters. The molecule has 0 saturated heterocycles. The topological polar surface area (TPSA) is 116 Å². The van der Waals surface area contributed by atoms with Gasteiger partial charge in [-0.15, -0.1) is 0 Å². The Morgan fingerprint density at radius 1 is 0.974 bits per heavy atom. The highest BCUT2D eigenvalue weighted by molar-refractivity contribution is 7.90. The Hall–Kier alpha value is -3.95. The molecule has 9 heteroatoms. The van der Waals surface area contributed by atoms with E-state index in [1.165, 1.54) is 6.07 Å². The van der Waals surface area contributed by atoms with E-state index in [1.807, 2.05) is 29.3 Å². The highest BCUT2D eigenvalue weighted by Crippen LogP contribution is 2.40. The number of aliphatic carboxylic acids is 1. The van der Waals surface area contributed by atoms with Crippen molar-refractivity contribution in [1.29, 1.82) is 0 Å². The van der Waals surface area contributed by atoms with Gasteiger partial charge < -0.3 is 10.1 Å². The van der Waals surface area contributed by atoms with Crippen LogP contribution in [0.3, 0.4) is 0 Å². The van der Waals surface area contributed by atoms with E-state index in [1.54, 1.807) is 48.5 Å². The van der Waals surface area contributed by atoms with E-state index in [-0.39, 0.29) is 16.5 Å². The number of benzene rings is 3. The highest BCUT2D eigenvalue weighted by atomic mass is 32.2. The predicted molar refractivity (Wildman–Crippen MR) is 148 cm³/mol. The number of sulfonamides is 1. The molecule has 5 rings (SSSR count). The Morgan fingerprint density at radius 3 is 2.28 bits per heavy atom. The summed E-state index contributed by atoms with van der Waals surface area (Å²) in [6, 6.07) is 22.0. The number of allylic oxidation sites excluding steroid dienone is 1. The largest absolute Gasteiger partial charge is 0.478 e. The molecule has 0 bridgehead atoms. The van der Waals surface area contributed by atoms with Crippen molar-refractivity contribution in [3.05, 3.63) is 101 Å². The van der Waals surface area contributed by atoms with Gasteiger partial charge in [0.25, 0.3) is 15.9 Å².